The normalized spacial score (nSPS) is 19.0. The average molecular weight is 329 g/mol. The number of benzene rings is 1. The summed E-state index contributed by atoms with van der Waals surface area (Å²) in [5.74, 6) is 0.816. The van der Waals surface area contributed by atoms with Gasteiger partial charge >= 0.3 is 0 Å². The molecule has 0 bridgehead atoms. The zero-order valence-corrected chi connectivity index (χ0v) is 14.4. The molecule has 5 nitrogen and oxygen atoms in total. The Balaban J connectivity index is 1.46. The highest BCUT2D eigenvalue weighted by molar-refractivity contribution is 5.92. The first kappa shape index (κ1) is 17.0. The van der Waals surface area contributed by atoms with Gasteiger partial charge in [-0.05, 0) is 56.0 Å². The van der Waals surface area contributed by atoms with Crippen LogP contribution in [0.15, 0.2) is 24.3 Å². The van der Waals surface area contributed by atoms with Crippen LogP contribution in [0.3, 0.4) is 0 Å². The van der Waals surface area contributed by atoms with E-state index in [1.54, 1.807) is 0 Å². The molecule has 3 rings (SSSR count). The summed E-state index contributed by atoms with van der Waals surface area (Å²) in [4.78, 5) is 26.2. The van der Waals surface area contributed by atoms with Gasteiger partial charge in [0.15, 0.2) is 0 Å². The molecule has 0 aliphatic carbocycles. The van der Waals surface area contributed by atoms with Gasteiger partial charge in [0.25, 0.3) is 0 Å². The largest absolute Gasteiger partial charge is 0.343 e. The van der Waals surface area contributed by atoms with E-state index in [-0.39, 0.29) is 17.7 Å². The number of nitrogens with one attached hydrogen (secondary N) is 2. The van der Waals surface area contributed by atoms with Crippen molar-refractivity contribution in [2.75, 3.05) is 31.5 Å². The van der Waals surface area contributed by atoms with Crippen molar-refractivity contribution in [3.05, 3.63) is 29.8 Å². The van der Waals surface area contributed by atoms with Gasteiger partial charge in [0.1, 0.15) is 0 Å². The smallest absolute Gasteiger partial charge is 0.227 e. The van der Waals surface area contributed by atoms with Crippen molar-refractivity contribution in [3.8, 4) is 0 Å². The SMILES string of the molecule is CC(C(=O)Nc1ccc(CCC(=O)N2CCCC2)cc1)C1CNC1. The summed E-state index contributed by atoms with van der Waals surface area (Å²) in [6.45, 7) is 5.67. The van der Waals surface area contributed by atoms with Gasteiger partial charge in [-0.1, -0.05) is 19.1 Å². The summed E-state index contributed by atoms with van der Waals surface area (Å²) in [7, 11) is 0. The number of amides is 2. The van der Waals surface area contributed by atoms with Gasteiger partial charge in [-0.15, -0.1) is 0 Å². The zero-order valence-electron chi connectivity index (χ0n) is 14.4. The number of rotatable bonds is 6. The molecular weight excluding hydrogens is 302 g/mol. The van der Waals surface area contributed by atoms with E-state index in [9.17, 15) is 9.59 Å². The van der Waals surface area contributed by atoms with E-state index in [0.717, 1.165) is 56.7 Å². The molecule has 24 heavy (non-hydrogen) atoms. The summed E-state index contributed by atoms with van der Waals surface area (Å²) < 4.78 is 0. The number of nitrogens with zero attached hydrogens (tertiary/aromatic N) is 1. The Hall–Kier alpha value is -1.88. The molecule has 0 aromatic heterocycles. The van der Waals surface area contributed by atoms with E-state index in [1.807, 2.05) is 36.1 Å². The Labute approximate surface area is 143 Å². The maximum Gasteiger partial charge on any atom is 0.227 e. The van der Waals surface area contributed by atoms with Gasteiger partial charge in [0.05, 0.1) is 0 Å². The van der Waals surface area contributed by atoms with Crippen molar-refractivity contribution in [2.45, 2.75) is 32.6 Å². The molecule has 2 N–H and O–H groups in total. The van der Waals surface area contributed by atoms with Crippen LogP contribution in [0.5, 0.6) is 0 Å². The van der Waals surface area contributed by atoms with Crippen molar-refractivity contribution in [1.82, 2.24) is 10.2 Å². The summed E-state index contributed by atoms with van der Waals surface area (Å²) in [5.41, 5.74) is 1.96. The Morgan fingerprint density at radius 3 is 2.46 bits per heavy atom. The molecule has 2 fully saturated rings. The molecule has 0 saturated carbocycles. The molecule has 1 aromatic rings. The molecule has 2 aliphatic heterocycles. The summed E-state index contributed by atoms with van der Waals surface area (Å²) in [5, 5.41) is 6.19. The Bertz CT molecular complexity index is 575. The lowest BCUT2D eigenvalue weighted by Crippen LogP contribution is -2.48. The van der Waals surface area contributed by atoms with Gasteiger partial charge in [-0.25, -0.2) is 0 Å². The molecule has 1 aromatic carbocycles. The fourth-order valence-corrected chi connectivity index (χ4v) is 3.27. The predicted molar refractivity (Wildman–Crippen MR) is 94.7 cm³/mol. The Morgan fingerprint density at radius 2 is 1.88 bits per heavy atom. The van der Waals surface area contributed by atoms with Gasteiger partial charge in [-0.3, -0.25) is 9.59 Å². The molecular formula is C19H27N3O2. The van der Waals surface area contributed by atoms with Crippen LogP contribution in [-0.4, -0.2) is 42.9 Å². The number of carbonyl (C=O) groups excluding carboxylic acids is 2. The molecule has 1 unspecified atom stereocenters. The van der Waals surface area contributed by atoms with Crippen molar-refractivity contribution in [3.63, 3.8) is 0 Å². The Morgan fingerprint density at radius 1 is 1.21 bits per heavy atom. The number of carbonyl (C=O) groups is 2. The lowest BCUT2D eigenvalue weighted by molar-refractivity contribution is -0.130. The minimum atomic E-state index is 0.0315. The standard InChI is InChI=1S/C19H27N3O2/c1-14(16-12-20-13-16)19(24)21-17-7-4-15(5-8-17)6-9-18(23)22-10-2-3-11-22/h4-5,7-8,14,16,20H,2-3,6,9-13H2,1H3,(H,21,24). The van der Waals surface area contributed by atoms with Crippen LogP contribution < -0.4 is 10.6 Å². The predicted octanol–water partition coefficient (Wildman–Crippen LogP) is 2.04. The maximum atomic E-state index is 12.2. The van der Waals surface area contributed by atoms with Crippen molar-refractivity contribution in [1.29, 1.82) is 0 Å². The van der Waals surface area contributed by atoms with E-state index in [4.69, 9.17) is 0 Å². The zero-order chi connectivity index (χ0) is 16.9. The van der Waals surface area contributed by atoms with Crippen LogP contribution in [0.1, 0.15) is 31.7 Å². The molecule has 2 amide bonds. The molecule has 130 valence electrons. The minimum Gasteiger partial charge on any atom is -0.343 e. The molecule has 2 aliphatic rings. The fraction of sp³-hybridized carbons (Fsp3) is 0.579. The number of anilines is 1. The van der Waals surface area contributed by atoms with Gasteiger partial charge in [0.2, 0.25) is 11.8 Å². The van der Waals surface area contributed by atoms with Gasteiger partial charge in [-0.2, -0.15) is 0 Å². The summed E-state index contributed by atoms with van der Waals surface area (Å²) >= 11 is 0. The second-order valence-electron chi connectivity index (χ2n) is 6.98. The van der Waals surface area contributed by atoms with Crippen LogP contribution in [0.2, 0.25) is 0 Å². The van der Waals surface area contributed by atoms with Crippen LogP contribution >= 0.6 is 0 Å². The second kappa shape index (κ2) is 7.79. The Kier molecular flexibility index (Phi) is 5.51. The van der Waals surface area contributed by atoms with Crippen LogP contribution in [0.25, 0.3) is 0 Å². The average Bonchev–Trinajstić information content (AvgIpc) is 3.06. The summed E-state index contributed by atoms with van der Waals surface area (Å²) in [6, 6.07) is 7.86. The molecule has 2 heterocycles. The van der Waals surface area contributed by atoms with Crippen LogP contribution in [0.4, 0.5) is 5.69 Å². The van der Waals surface area contributed by atoms with Crippen LogP contribution in [-0.2, 0) is 16.0 Å². The third kappa shape index (κ3) is 4.15. The van der Waals surface area contributed by atoms with Gasteiger partial charge in [0, 0.05) is 31.1 Å². The number of hydrogen-bond donors (Lipinski definition) is 2. The fourth-order valence-electron chi connectivity index (χ4n) is 3.27. The molecule has 1 atom stereocenters. The first-order valence-electron chi connectivity index (χ1n) is 9.02. The molecule has 0 radical (unpaired) electrons. The quantitative estimate of drug-likeness (QED) is 0.839. The van der Waals surface area contributed by atoms with E-state index in [1.165, 1.54) is 0 Å². The number of hydrogen-bond acceptors (Lipinski definition) is 3. The minimum absolute atomic E-state index is 0.0315. The second-order valence-corrected chi connectivity index (χ2v) is 6.98. The highest BCUT2D eigenvalue weighted by atomic mass is 16.2. The van der Waals surface area contributed by atoms with E-state index in [0.29, 0.717) is 12.3 Å². The first-order chi connectivity index (χ1) is 11.6. The molecule has 5 heteroatoms. The highest BCUT2D eigenvalue weighted by Crippen LogP contribution is 2.19. The third-order valence-electron chi connectivity index (χ3n) is 5.24. The van der Waals surface area contributed by atoms with Crippen molar-refractivity contribution < 1.29 is 9.59 Å². The maximum absolute atomic E-state index is 12.2. The monoisotopic (exact) mass is 329 g/mol. The van der Waals surface area contributed by atoms with Crippen molar-refractivity contribution in [2.24, 2.45) is 11.8 Å². The molecule has 0 spiro atoms. The molecule has 2 saturated heterocycles. The third-order valence-corrected chi connectivity index (χ3v) is 5.24. The highest BCUT2D eigenvalue weighted by Gasteiger charge is 2.28. The lowest BCUT2D eigenvalue weighted by Gasteiger charge is -2.31. The number of aryl methyl sites for hydroxylation is 1. The topological polar surface area (TPSA) is 61.4 Å². The summed E-state index contributed by atoms with van der Waals surface area (Å²) in [6.07, 6.45) is 3.59. The van der Waals surface area contributed by atoms with E-state index in [2.05, 4.69) is 10.6 Å². The van der Waals surface area contributed by atoms with E-state index >= 15 is 0 Å². The van der Waals surface area contributed by atoms with Gasteiger partial charge < -0.3 is 15.5 Å². The lowest BCUT2D eigenvalue weighted by atomic mass is 9.88. The van der Waals surface area contributed by atoms with Crippen LogP contribution in [0, 0.1) is 11.8 Å². The van der Waals surface area contributed by atoms with E-state index < -0.39 is 0 Å². The first-order valence-corrected chi connectivity index (χ1v) is 9.02. The van der Waals surface area contributed by atoms with Crippen molar-refractivity contribution >= 4 is 17.5 Å². The number of likely N-dealkylation sites (tertiary alicyclic amines) is 1.